The summed E-state index contributed by atoms with van der Waals surface area (Å²) in [7, 11) is 3.35. The number of nitrogens with zero attached hydrogens (tertiary/aromatic N) is 5. The van der Waals surface area contributed by atoms with Crippen LogP contribution in [0.5, 0.6) is 0 Å². The van der Waals surface area contributed by atoms with Gasteiger partial charge in [-0.05, 0) is 12.5 Å². The number of alkyl halides is 3. The number of hydrogen-bond donors (Lipinski definition) is 0. The Hall–Kier alpha value is -2.35. The second-order valence-corrected chi connectivity index (χ2v) is 7.06. The molecule has 0 atom stereocenters. The maximum Gasteiger partial charge on any atom is 0.433 e. The Balaban J connectivity index is 1.71. The number of rotatable bonds is 4. The normalized spacial score (nSPS) is 15.9. The molecule has 2 aromatic rings. The molecule has 1 aromatic heterocycles. The Morgan fingerprint density at radius 3 is 2.33 bits per heavy atom. The van der Waals surface area contributed by atoms with Gasteiger partial charge in [-0.3, -0.25) is 4.90 Å². The summed E-state index contributed by atoms with van der Waals surface area (Å²) in [5.41, 5.74) is 1.56. The van der Waals surface area contributed by atoms with Crippen molar-refractivity contribution in [2.75, 3.05) is 50.1 Å². The molecule has 0 unspecified atom stereocenters. The van der Waals surface area contributed by atoms with Crippen LogP contribution in [0.3, 0.4) is 0 Å². The van der Waals surface area contributed by atoms with Crippen molar-refractivity contribution in [1.29, 1.82) is 0 Å². The summed E-state index contributed by atoms with van der Waals surface area (Å²) >= 11 is 0. The summed E-state index contributed by atoms with van der Waals surface area (Å²) in [6, 6.07) is 9.34. The lowest BCUT2D eigenvalue weighted by molar-refractivity contribution is -0.141. The van der Waals surface area contributed by atoms with Crippen molar-refractivity contribution in [3.8, 4) is 0 Å². The first-order chi connectivity index (χ1) is 12.7. The van der Waals surface area contributed by atoms with Crippen LogP contribution < -0.4 is 9.80 Å². The lowest BCUT2D eigenvalue weighted by Gasteiger charge is -2.35. The molecule has 3 rings (SSSR count). The third-order valence-electron chi connectivity index (χ3n) is 4.59. The van der Waals surface area contributed by atoms with Crippen LogP contribution in [0.15, 0.2) is 30.3 Å². The maximum atomic E-state index is 13.2. The highest BCUT2D eigenvalue weighted by atomic mass is 19.4. The second-order valence-electron chi connectivity index (χ2n) is 7.06. The summed E-state index contributed by atoms with van der Waals surface area (Å²) in [6.07, 6.45) is -4.49. The first-order valence-electron chi connectivity index (χ1n) is 8.89. The molecule has 146 valence electrons. The number of anilines is 2. The van der Waals surface area contributed by atoms with Gasteiger partial charge in [-0.15, -0.1) is 0 Å². The fraction of sp³-hybridized carbons (Fsp3) is 0.474. The topological polar surface area (TPSA) is 35.5 Å². The molecule has 0 saturated carbocycles. The van der Waals surface area contributed by atoms with Crippen LogP contribution in [-0.2, 0) is 12.7 Å². The molecule has 1 fully saturated rings. The third-order valence-corrected chi connectivity index (χ3v) is 4.59. The van der Waals surface area contributed by atoms with E-state index in [1.807, 2.05) is 11.0 Å². The number of aromatic nitrogens is 2. The summed E-state index contributed by atoms with van der Waals surface area (Å²) in [4.78, 5) is 13.8. The molecule has 2 heterocycles. The van der Waals surface area contributed by atoms with Gasteiger partial charge in [0.15, 0.2) is 5.69 Å². The van der Waals surface area contributed by atoms with Crippen molar-refractivity contribution in [2.45, 2.75) is 19.6 Å². The molecule has 1 aromatic carbocycles. The summed E-state index contributed by atoms with van der Waals surface area (Å²) < 4.78 is 39.5. The van der Waals surface area contributed by atoms with Gasteiger partial charge in [0.2, 0.25) is 5.95 Å². The molecule has 1 aliphatic rings. The van der Waals surface area contributed by atoms with Gasteiger partial charge in [0.05, 0.1) is 0 Å². The standard InChI is InChI=1S/C19H24F3N5/c1-14-5-4-6-15(11-14)13-26-7-9-27(10-8-26)18-23-16(19(20,21)22)12-17(24-18)25(2)3/h4-6,11-12H,7-10,13H2,1-3H3. The lowest BCUT2D eigenvalue weighted by Crippen LogP contribution is -2.46. The van der Waals surface area contributed by atoms with Gasteiger partial charge >= 0.3 is 6.18 Å². The van der Waals surface area contributed by atoms with Crippen molar-refractivity contribution in [3.63, 3.8) is 0 Å². The molecule has 0 spiro atoms. The van der Waals surface area contributed by atoms with E-state index in [-0.39, 0.29) is 11.8 Å². The summed E-state index contributed by atoms with van der Waals surface area (Å²) in [5.74, 6) is 0.401. The highest BCUT2D eigenvalue weighted by molar-refractivity contribution is 5.46. The first-order valence-corrected chi connectivity index (χ1v) is 8.89. The van der Waals surface area contributed by atoms with Crippen molar-refractivity contribution in [2.24, 2.45) is 0 Å². The smallest absolute Gasteiger partial charge is 0.363 e. The molecule has 0 amide bonds. The number of benzene rings is 1. The van der Waals surface area contributed by atoms with Crippen LogP contribution in [0, 0.1) is 6.92 Å². The predicted molar refractivity (Wildman–Crippen MR) is 100 cm³/mol. The molecular formula is C19H24F3N5. The van der Waals surface area contributed by atoms with Gasteiger partial charge in [0, 0.05) is 52.9 Å². The average molecular weight is 379 g/mol. The highest BCUT2D eigenvalue weighted by Crippen LogP contribution is 2.31. The van der Waals surface area contributed by atoms with E-state index in [0.717, 1.165) is 25.7 Å². The van der Waals surface area contributed by atoms with Crippen molar-refractivity contribution in [3.05, 3.63) is 47.2 Å². The number of hydrogen-bond acceptors (Lipinski definition) is 5. The van der Waals surface area contributed by atoms with Crippen LogP contribution in [0.1, 0.15) is 16.8 Å². The summed E-state index contributed by atoms with van der Waals surface area (Å²) in [5, 5.41) is 0. The Morgan fingerprint density at radius 2 is 1.74 bits per heavy atom. The molecular weight excluding hydrogens is 355 g/mol. The number of piperazine rings is 1. The van der Waals surface area contributed by atoms with Crippen LogP contribution >= 0.6 is 0 Å². The van der Waals surface area contributed by atoms with E-state index < -0.39 is 11.9 Å². The minimum atomic E-state index is -4.49. The molecule has 0 N–H and O–H groups in total. The van der Waals surface area contributed by atoms with E-state index in [1.54, 1.807) is 19.0 Å². The van der Waals surface area contributed by atoms with Crippen molar-refractivity contribution < 1.29 is 13.2 Å². The van der Waals surface area contributed by atoms with E-state index >= 15 is 0 Å². The quantitative estimate of drug-likeness (QED) is 0.815. The minimum absolute atomic E-state index is 0.142. The zero-order valence-electron chi connectivity index (χ0n) is 15.8. The Bertz CT molecular complexity index is 783. The largest absolute Gasteiger partial charge is 0.433 e. The van der Waals surface area contributed by atoms with Gasteiger partial charge in [-0.1, -0.05) is 29.8 Å². The summed E-state index contributed by atoms with van der Waals surface area (Å²) in [6.45, 7) is 5.60. The van der Waals surface area contributed by atoms with E-state index in [9.17, 15) is 13.2 Å². The van der Waals surface area contributed by atoms with Gasteiger partial charge in [-0.2, -0.15) is 18.2 Å². The molecule has 1 aliphatic heterocycles. The van der Waals surface area contributed by atoms with Crippen molar-refractivity contribution in [1.82, 2.24) is 14.9 Å². The van der Waals surface area contributed by atoms with E-state index in [0.29, 0.717) is 13.1 Å². The molecule has 5 nitrogen and oxygen atoms in total. The van der Waals surface area contributed by atoms with Gasteiger partial charge < -0.3 is 9.80 Å². The Morgan fingerprint density at radius 1 is 1.04 bits per heavy atom. The van der Waals surface area contributed by atoms with E-state index in [2.05, 4.69) is 40.0 Å². The number of halogens is 3. The monoisotopic (exact) mass is 379 g/mol. The molecule has 0 bridgehead atoms. The third kappa shape index (κ3) is 4.88. The fourth-order valence-corrected chi connectivity index (χ4v) is 3.11. The zero-order valence-corrected chi connectivity index (χ0v) is 15.8. The Kier molecular flexibility index (Phi) is 5.55. The SMILES string of the molecule is Cc1cccc(CN2CCN(c3nc(N(C)C)cc(C(F)(F)F)n3)CC2)c1. The second kappa shape index (κ2) is 7.72. The molecule has 8 heteroatoms. The minimum Gasteiger partial charge on any atom is -0.363 e. The average Bonchev–Trinajstić information content (AvgIpc) is 2.61. The maximum absolute atomic E-state index is 13.2. The van der Waals surface area contributed by atoms with Crippen LogP contribution in [0.4, 0.5) is 24.9 Å². The highest BCUT2D eigenvalue weighted by Gasteiger charge is 2.34. The molecule has 27 heavy (non-hydrogen) atoms. The van der Waals surface area contributed by atoms with Gasteiger partial charge in [0.1, 0.15) is 5.82 Å². The molecule has 1 saturated heterocycles. The molecule has 0 radical (unpaired) electrons. The zero-order chi connectivity index (χ0) is 19.6. The fourth-order valence-electron chi connectivity index (χ4n) is 3.11. The number of aryl methyl sites for hydroxylation is 1. The van der Waals surface area contributed by atoms with Gasteiger partial charge in [-0.25, -0.2) is 4.98 Å². The van der Waals surface area contributed by atoms with Crippen LogP contribution in [-0.4, -0.2) is 55.1 Å². The predicted octanol–water partition coefficient (Wildman–Crippen LogP) is 3.19. The first kappa shape index (κ1) is 19.4. The van der Waals surface area contributed by atoms with E-state index in [4.69, 9.17) is 0 Å². The van der Waals surface area contributed by atoms with Crippen LogP contribution in [0.2, 0.25) is 0 Å². The van der Waals surface area contributed by atoms with Crippen molar-refractivity contribution >= 4 is 11.8 Å². The van der Waals surface area contributed by atoms with E-state index in [1.165, 1.54) is 11.1 Å². The Labute approximate surface area is 157 Å². The molecule has 0 aliphatic carbocycles. The van der Waals surface area contributed by atoms with Crippen LogP contribution in [0.25, 0.3) is 0 Å². The van der Waals surface area contributed by atoms with Gasteiger partial charge in [0.25, 0.3) is 0 Å². The lowest BCUT2D eigenvalue weighted by atomic mass is 10.1.